The zero-order valence-electron chi connectivity index (χ0n) is 9.96. The highest BCUT2D eigenvalue weighted by molar-refractivity contribution is 5.18. The molecule has 3 rings (SSSR count). The Labute approximate surface area is 102 Å². The zero-order chi connectivity index (χ0) is 11.7. The molecule has 0 bridgehead atoms. The molecule has 0 amide bonds. The highest BCUT2D eigenvalue weighted by atomic mass is 16.5. The van der Waals surface area contributed by atoms with Crippen LogP contribution in [0, 0.1) is 0 Å². The van der Waals surface area contributed by atoms with Crippen LogP contribution in [-0.4, -0.2) is 35.4 Å². The Kier molecular flexibility index (Phi) is 3.14. The van der Waals surface area contributed by atoms with E-state index in [2.05, 4.69) is 17.0 Å². The molecule has 3 nitrogen and oxygen atoms in total. The van der Waals surface area contributed by atoms with Crippen molar-refractivity contribution >= 4 is 0 Å². The molecule has 2 heterocycles. The van der Waals surface area contributed by atoms with Gasteiger partial charge in [0, 0.05) is 12.6 Å². The topological polar surface area (TPSA) is 32.7 Å². The standard InChI is InChI=1S/C14H19NO2/c16-13-7-4-8-15-10-17-14(9-12(13)15)11-5-2-1-3-6-11/h1-3,5-6,12-14,16H,4,7-10H2/t12-,13+,14-/m0/s1. The Hall–Kier alpha value is -0.900. The fraction of sp³-hybridized carbons (Fsp3) is 0.571. The van der Waals surface area contributed by atoms with Gasteiger partial charge in [0.25, 0.3) is 0 Å². The van der Waals surface area contributed by atoms with Crippen molar-refractivity contribution in [3.8, 4) is 0 Å². The lowest BCUT2D eigenvalue weighted by atomic mass is 9.91. The summed E-state index contributed by atoms with van der Waals surface area (Å²) >= 11 is 0. The number of piperidine rings is 1. The summed E-state index contributed by atoms with van der Waals surface area (Å²) in [4.78, 5) is 2.27. The summed E-state index contributed by atoms with van der Waals surface area (Å²) in [7, 11) is 0. The summed E-state index contributed by atoms with van der Waals surface area (Å²) in [5.74, 6) is 0. The Balaban J connectivity index is 1.74. The molecule has 1 aromatic carbocycles. The minimum atomic E-state index is -0.182. The molecule has 1 aromatic rings. The van der Waals surface area contributed by atoms with Crippen LogP contribution in [0.3, 0.4) is 0 Å². The van der Waals surface area contributed by atoms with Crippen LogP contribution in [-0.2, 0) is 4.74 Å². The van der Waals surface area contributed by atoms with Crippen LogP contribution in [0.2, 0.25) is 0 Å². The highest BCUT2D eigenvalue weighted by Crippen LogP contribution is 2.33. The SMILES string of the molecule is O[C@@H]1CCCN2CO[C@H](c3ccccc3)C[C@@H]12. The maximum Gasteiger partial charge on any atom is 0.100 e. The largest absolute Gasteiger partial charge is 0.391 e. The predicted octanol–water partition coefficient (Wildman–Crippen LogP) is 1.93. The molecule has 2 aliphatic heterocycles. The van der Waals surface area contributed by atoms with Gasteiger partial charge in [0.15, 0.2) is 0 Å². The van der Waals surface area contributed by atoms with E-state index in [1.807, 2.05) is 18.2 Å². The van der Waals surface area contributed by atoms with Crippen LogP contribution in [0.5, 0.6) is 0 Å². The number of hydrogen-bond acceptors (Lipinski definition) is 3. The predicted molar refractivity (Wildman–Crippen MR) is 65.5 cm³/mol. The average Bonchev–Trinajstić information content (AvgIpc) is 2.40. The third-order valence-corrected chi connectivity index (χ3v) is 3.93. The van der Waals surface area contributed by atoms with E-state index in [-0.39, 0.29) is 18.2 Å². The molecule has 2 fully saturated rings. The van der Waals surface area contributed by atoms with Crippen molar-refractivity contribution in [1.29, 1.82) is 0 Å². The maximum absolute atomic E-state index is 10.1. The summed E-state index contributed by atoms with van der Waals surface area (Å²) in [5.41, 5.74) is 1.23. The monoisotopic (exact) mass is 233 g/mol. The molecule has 17 heavy (non-hydrogen) atoms. The van der Waals surface area contributed by atoms with Gasteiger partial charge in [0.05, 0.1) is 12.2 Å². The van der Waals surface area contributed by atoms with Gasteiger partial charge in [-0.2, -0.15) is 0 Å². The Bertz CT molecular complexity index is 368. The first-order valence-electron chi connectivity index (χ1n) is 6.43. The molecule has 0 aromatic heterocycles. The van der Waals surface area contributed by atoms with Crippen LogP contribution < -0.4 is 0 Å². The van der Waals surface area contributed by atoms with E-state index in [0.29, 0.717) is 6.73 Å². The molecular formula is C14H19NO2. The molecule has 0 saturated carbocycles. The first kappa shape index (κ1) is 11.2. The lowest BCUT2D eigenvalue weighted by Gasteiger charge is -2.44. The van der Waals surface area contributed by atoms with E-state index in [0.717, 1.165) is 25.8 Å². The number of benzene rings is 1. The van der Waals surface area contributed by atoms with Crippen LogP contribution in [0.1, 0.15) is 30.9 Å². The normalized spacial score (nSPS) is 34.3. The number of nitrogens with zero attached hydrogens (tertiary/aromatic N) is 1. The summed E-state index contributed by atoms with van der Waals surface area (Å²) in [5, 5.41) is 10.1. The second kappa shape index (κ2) is 4.77. The second-order valence-corrected chi connectivity index (χ2v) is 5.02. The fourth-order valence-corrected chi connectivity index (χ4v) is 2.94. The third kappa shape index (κ3) is 2.23. The van der Waals surface area contributed by atoms with Gasteiger partial charge < -0.3 is 9.84 Å². The van der Waals surface area contributed by atoms with Gasteiger partial charge in [-0.15, -0.1) is 0 Å². The van der Waals surface area contributed by atoms with E-state index >= 15 is 0 Å². The molecule has 2 saturated heterocycles. The van der Waals surface area contributed by atoms with Crippen molar-refractivity contribution in [3.63, 3.8) is 0 Å². The molecule has 0 radical (unpaired) electrons. The van der Waals surface area contributed by atoms with Crippen LogP contribution in [0.4, 0.5) is 0 Å². The molecular weight excluding hydrogens is 214 g/mol. The summed E-state index contributed by atoms with van der Waals surface area (Å²) in [6, 6.07) is 10.6. The van der Waals surface area contributed by atoms with E-state index in [9.17, 15) is 5.11 Å². The number of ether oxygens (including phenoxy) is 1. The number of fused-ring (bicyclic) bond motifs is 1. The van der Waals surface area contributed by atoms with Crippen molar-refractivity contribution in [1.82, 2.24) is 4.90 Å². The molecule has 1 N–H and O–H groups in total. The lowest BCUT2D eigenvalue weighted by molar-refractivity contribution is -0.139. The molecule has 0 spiro atoms. The number of aliphatic hydroxyl groups is 1. The van der Waals surface area contributed by atoms with Gasteiger partial charge in [-0.3, -0.25) is 4.90 Å². The molecule has 0 aliphatic carbocycles. The van der Waals surface area contributed by atoms with Crippen LogP contribution >= 0.6 is 0 Å². The molecule has 0 unspecified atom stereocenters. The molecule has 2 aliphatic rings. The number of hydrogen-bond donors (Lipinski definition) is 1. The van der Waals surface area contributed by atoms with Crippen LogP contribution in [0.25, 0.3) is 0 Å². The van der Waals surface area contributed by atoms with Gasteiger partial charge in [-0.05, 0) is 24.8 Å². The van der Waals surface area contributed by atoms with Crippen molar-refractivity contribution in [3.05, 3.63) is 35.9 Å². The minimum Gasteiger partial charge on any atom is -0.391 e. The maximum atomic E-state index is 10.1. The molecule has 3 heteroatoms. The second-order valence-electron chi connectivity index (χ2n) is 5.02. The summed E-state index contributed by atoms with van der Waals surface area (Å²) in [6.07, 6.45) is 2.88. The highest BCUT2D eigenvalue weighted by Gasteiger charge is 2.36. The van der Waals surface area contributed by atoms with Crippen molar-refractivity contribution < 1.29 is 9.84 Å². The van der Waals surface area contributed by atoms with Gasteiger partial charge in [-0.25, -0.2) is 0 Å². The third-order valence-electron chi connectivity index (χ3n) is 3.93. The molecule has 3 atom stereocenters. The van der Waals surface area contributed by atoms with Gasteiger partial charge in [0.1, 0.15) is 6.73 Å². The average molecular weight is 233 g/mol. The Morgan fingerprint density at radius 3 is 2.88 bits per heavy atom. The van der Waals surface area contributed by atoms with E-state index in [4.69, 9.17) is 4.74 Å². The first-order valence-corrected chi connectivity index (χ1v) is 6.43. The van der Waals surface area contributed by atoms with Crippen molar-refractivity contribution in [2.45, 2.75) is 37.5 Å². The van der Waals surface area contributed by atoms with Gasteiger partial charge >= 0.3 is 0 Å². The van der Waals surface area contributed by atoms with E-state index in [1.165, 1.54) is 5.56 Å². The van der Waals surface area contributed by atoms with Crippen molar-refractivity contribution in [2.24, 2.45) is 0 Å². The first-order chi connectivity index (χ1) is 8.34. The minimum absolute atomic E-state index is 0.144. The van der Waals surface area contributed by atoms with Crippen LogP contribution in [0.15, 0.2) is 30.3 Å². The zero-order valence-corrected chi connectivity index (χ0v) is 9.96. The lowest BCUT2D eigenvalue weighted by Crippen LogP contribution is -2.52. The fourth-order valence-electron chi connectivity index (χ4n) is 2.94. The summed E-state index contributed by atoms with van der Waals surface area (Å²) < 4.78 is 5.90. The Morgan fingerprint density at radius 1 is 1.24 bits per heavy atom. The Morgan fingerprint density at radius 2 is 2.06 bits per heavy atom. The van der Waals surface area contributed by atoms with Gasteiger partial charge in [-0.1, -0.05) is 30.3 Å². The van der Waals surface area contributed by atoms with Gasteiger partial charge in [0.2, 0.25) is 0 Å². The van der Waals surface area contributed by atoms with Crippen molar-refractivity contribution in [2.75, 3.05) is 13.3 Å². The smallest absolute Gasteiger partial charge is 0.100 e. The molecule has 92 valence electrons. The summed E-state index contributed by atoms with van der Waals surface area (Å²) in [6.45, 7) is 1.71. The van der Waals surface area contributed by atoms with E-state index < -0.39 is 0 Å². The number of rotatable bonds is 1. The quantitative estimate of drug-likeness (QED) is 0.804. The van der Waals surface area contributed by atoms with E-state index in [1.54, 1.807) is 0 Å². The number of aliphatic hydroxyl groups excluding tert-OH is 1.